The van der Waals surface area contributed by atoms with Gasteiger partial charge >= 0.3 is 12.1 Å². The highest BCUT2D eigenvalue weighted by Crippen LogP contribution is 2.38. The normalized spacial score (nSPS) is 13.4. The van der Waals surface area contributed by atoms with E-state index in [1.165, 1.54) is 0 Å². The molecule has 0 spiro atoms. The lowest BCUT2D eigenvalue weighted by atomic mass is 9.94. The van der Waals surface area contributed by atoms with Crippen LogP contribution in [0.1, 0.15) is 68.2 Å². The third kappa shape index (κ3) is 8.48. The predicted molar refractivity (Wildman–Crippen MR) is 131 cm³/mol. The zero-order chi connectivity index (χ0) is 30.0. The van der Waals surface area contributed by atoms with Crippen molar-refractivity contribution in [2.75, 3.05) is 0 Å². The Morgan fingerprint density at radius 1 is 0.842 bits per heavy atom. The van der Waals surface area contributed by atoms with Crippen molar-refractivity contribution in [1.82, 2.24) is 5.06 Å². The van der Waals surface area contributed by atoms with Gasteiger partial charge < -0.3 is 14.0 Å². The van der Waals surface area contributed by atoms with Crippen LogP contribution < -0.4 is 4.74 Å². The third-order valence-electron chi connectivity index (χ3n) is 5.79. The Hall–Kier alpha value is -2.54. The summed E-state index contributed by atoms with van der Waals surface area (Å²) >= 11 is 0. The van der Waals surface area contributed by atoms with Gasteiger partial charge in [0.25, 0.3) is 5.91 Å². The number of halogens is 5. The van der Waals surface area contributed by atoms with Gasteiger partial charge in [-0.1, -0.05) is 34.6 Å². The van der Waals surface area contributed by atoms with E-state index >= 15 is 0 Å². The van der Waals surface area contributed by atoms with Crippen LogP contribution >= 0.6 is 0 Å². The van der Waals surface area contributed by atoms with Gasteiger partial charge in [-0.2, -0.15) is 8.78 Å². The van der Waals surface area contributed by atoms with Crippen LogP contribution in [0.2, 0.25) is 18.1 Å². The molecule has 0 unspecified atom stereocenters. The lowest BCUT2D eigenvalue weighted by molar-refractivity contribution is -0.160. The molecule has 38 heavy (non-hydrogen) atoms. The van der Waals surface area contributed by atoms with E-state index in [0.29, 0.717) is 5.06 Å². The minimum absolute atomic E-state index is 0.0811. The summed E-state index contributed by atoms with van der Waals surface area (Å²) in [4.78, 5) is 39.1. The predicted octanol–water partition coefficient (Wildman–Crippen LogP) is 7.04. The molecular formula is C25H36F5NO6Si. The Kier molecular flexibility index (Phi) is 10.7. The summed E-state index contributed by atoms with van der Waals surface area (Å²) in [6.07, 6.45) is -1.95. The second-order valence-corrected chi connectivity index (χ2v) is 16.6. The summed E-state index contributed by atoms with van der Waals surface area (Å²) in [5.41, 5.74) is -1.01. The van der Waals surface area contributed by atoms with Crippen molar-refractivity contribution in [3.8, 4) is 5.75 Å². The van der Waals surface area contributed by atoms with E-state index in [2.05, 4.69) is 4.74 Å². The molecule has 0 radical (unpaired) electrons. The van der Waals surface area contributed by atoms with Gasteiger partial charge in [-0.3, -0.25) is 9.59 Å². The van der Waals surface area contributed by atoms with Crippen molar-refractivity contribution < 1.29 is 50.3 Å². The summed E-state index contributed by atoms with van der Waals surface area (Å²) in [6, 6.07) is 0. The van der Waals surface area contributed by atoms with E-state index in [1.807, 2.05) is 20.8 Å². The lowest BCUT2D eigenvalue weighted by Crippen LogP contribution is -2.52. The van der Waals surface area contributed by atoms with Gasteiger partial charge in [0.15, 0.2) is 0 Å². The molecule has 7 nitrogen and oxygen atoms in total. The number of ether oxygens (including phenoxy) is 2. The zero-order valence-electron chi connectivity index (χ0n) is 23.4. The SMILES string of the molecule is CC(C)C[C@H](CC(=O)N(O[Si](C)(C)C(C)(C)C)C(=O)OC(C)(C)C)C(=O)Oc1c(F)c(F)c(F)c(F)c1F. The second-order valence-electron chi connectivity index (χ2n) is 11.9. The molecule has 0 aliphatic rings. The molecule has 0 heterocycles. The van der Waals surface area contributed by atoms with Crippen LogP contribution in [0.15, 0.2) is 0 Å². The van der Waals surface area contributed by atoms with Gasteiger partial charge in [0.1, 0.15) is 5.60 Å². The van der Waals surface area contributed by atoms with Crippen molar-refractivity contribution >= 4 is 26.3 Å². The molecule has 216 valence electrons. The molecule has 0 aliphatic carbocycles. The van der Waals surface area contributed by atoms with E-state index < -0.39 is 84.1 Å². The molecule has 2 amide bonds. The molecule has 1 aromatic carbocycles. The molecule has 0 aromatic heterocycles. The number of carbonyl (C=O) groups is 3. The fraction of sp³-hybridized carbons (Fsp3) is 0.640. The smallest absolute Gasteiger partial charge is 0.441 e. The van der Waals surface area contributed by atoms with E-state index in [0.717, 1.165) is 0 Å². The highest BCUT2D eigenvalue weighted by atomic mass is 28.4. The number of carbonyl (C=O) groups excluding carboxylic acids is 3. The fourth-order valence-corrected chi connectivity index (χ4v) is 3.75. The fourth-order valence-electron chi connectivity index (χ4n) is 2.84. The first-order valence-electron chi connectivity index (χ1n) is 12.0. The van der Waals surface area contributed by atoms with Crippen LogP contribution in [0.5, 0.6) is 5.75 Å². The molecule has 0 saturated heterocycles. The number of hydroxylamine groups is 2. The topological polar surface area (TPSA) is 82.1 Å². The Bertz CT molecular complexity index is 1040. The number of nitrogens with zero attached hydrogens (tertiary/aromatic N) is 1. The zero-order valence-corrected chi connectivity index (χ0v) is 24.4. The number of amides is 2. The maximum atomic E-state index is 14.1. The van der Waals surface area contributed by atoms with Gasteiger partial charge in [-0.25, -0.2) is 18.0 Å². The van der Waals surface area contributed by atoms with Gasteiger partial charge in [-0.05, 0) is 51.2 Å². The number of hydrogen-bond donors (Lipinski definition) is 0. The molecule has 0 saturated carbocycles. The molecule has 0 aliphatic heterocycles. The standard InChI is InChI=1S/C25H36F5NO6Si/c1-13(2)11-14(22(33)35-21-19(29)17(27)16(26)18(28)20(21)30)12-15(32)31(23(34)36-24(3,4)5)37-38(9,10)25(6,7)8/h13-14H,11-12H2,1-10H3/t14-/m1/s1. The van der Waals surface area contributed by atoms with E-state index in [1.54, 1.807) is 47.7 Å². The number of imide groups is 1. The van der Waals surface area contributed by atoms with Crippen molar-refractivity contribution in [3.63, 3.8) is 0 Å². The lowest BCUT2D eigenvalue weighted by Gasteiger charge is -2.39. The maximum absolute atomic E-state index is 14.1. The summed E-state index contributed by atoms with van der Waals surface area (Å²) in [7, 11) is -2.80. The summed E-state index contributed by atoms with van der Waals surface area (Å²) in [5.74, 6) is -17.6. The van der Waals surface area contributed by atoms with E-state index in [-0.39, 0.29) is 12.3 Å². The van der Waals surface area contributed by atoms with Crippen LogP contribution in [0, 0.1) is 40.9 Å². The molecular weight excluding hydrogens is 533 g/mol. The Morgan fingerprint density at radius 3 is 1.68 bits per heavy atom. The van der Waals surface area contributed by atoms with Gasteiger partial charge in [0.05, 0.1) is 5.92 Å². The first kappa shape index (κ1) is 33.5. The number of benzene rings is 1. The summed E-state index contributed by atoms with van der Waals surface area (Å²) in [6.45, 7) is 17.2. The number of rotatable bonds is 8. The molecule has 0 N–H and O–H groups in total. The second kappa shape index (κ2) is 12.1. The minimum Gasteiger partial charge on any atom is -0.442 e. The summed E-state index contributed by atoms with van der Waals surface area (Å²) in [5, 5.41) is -0.0166. The highest BCUT2D eigenvalue weighted by Gasteiger charge is 2.44. The molecule has 13 heteroatoms. The third-order valence-corrected chi connectivity index (χ3v) is 10.0. The van der Waals surface area contributed by atoms with Crippen LogP contribution in [0.25, 0.3) is 0 Å². The molecule has 1 atom stereocenters. The average molecular weight is 570 g/mol. The van der Waals surface area contributed by atoms with Crippen LogP contribution in [-0.4, -0.2) is 37.0 Å². The van der Waals surface area contributed by atoms with Crippen LogP contribution in [0.3, 0.4) is 0 Å². The largest absolute Gasteiger partial charge is 0.442 e. The van der Waals surface area contributed by atoms with Gasteiger partial charge in [-0.15, -0.1) is 5.06 Å². The van der Waals surface area contributed by atoms with Crippen molar-refractivity contribution in [3.05, 3.63) is 29.1 Å². The van der Waals surface area contributed by atoms with Crippen molar-refractivity contribution in [2.45, 2.75) is 92.0 Å². The Morgan fingerprint density at radius 2 is 1.29 bits per heavy atom. The van der Waals surface area contributed by atoms with Gasteiger partial charge in [0.2, 0.25) is 43.2 Å². The minimum atomic E-state index is -2.80. The summed E-state index contributed by atoms with van der Waals surface area (Å²) < 4.78 is 84.5. The number of hydrogen-bond acceptors (Lipinski definition) is 6. The first-order valence-corrected chi connectivity index (χ1v) is 14.9. The van der Waals surface area contributed by atoms with Crippen molar-refractivity contribution in [1.29, 1.82) is 0 Å². The maximum Gasteiger partial charge on any atom is 0.441 e. The molecule has 0 bridgehead atoms. The monoisotopic (exact) mass is 569 g/mol. The van der Waals surface area contributed by atoms with Crippen molar-refractivity contribution in [2.24, 2.45) is 11.8 Å². The van der Waals surface area contributed by atoms with E-state index in [9.17, 15) is 36.3 Å². The van der Waals surface area contributed by atoms with Gasteiger partial charge in [0, 0.05) is 6.42 Å². The highest BCUT2D eigenvalue weighted by molar-refractivity contribution is 6.74. The van der Waals surface area contributed by atoms with Crippen LogP contribution in [0.4, 0.5) is 26.7 Å². The molecule has 1 aromatic rings. The Balaban J connectivity index is 3.39. The molecule has 1 rings (SSSR count). The Labute approximate surface area is 220 Å². The quantitative estimate of drug-likeness (QED) is 0.0635. The number of esters is 1. The average Bonchev–Trinajstić information content (AvgIpc) is 2.74. The molecule has 0 fully saturated rings. The van der Waals surface area contributed by atoms with E-state index in [4.69, 9.17) is 9.26 Å². The first-order chi connectivity index (χ1) is 17.0. The van der Waals surface area contributed by atoms with Crippen LogP contribution in [-0.2, 0) is 18.9 Å².